The predicted octanol–water partition coefficient (Wildman–Crippen LogP) is 3.11. The summed E-state index contributed by atoms with van der Waals surface area (Å²) in [5.41, 5.74) is 2.61. The molecule has 3 aromatic rings. The Morgan fingerprint density at radius 1 is 1.25 bits per heavy atom. The van der Waals surface area contributed by atoms with E-state index in [1.54, 1.807) is 12.0 Å². The number of rotatable bonds is 5. The predicted molar refractivity (Wildman–Crippen MR) is 93.1 cm³/mol. The largest absolute Gasteiger partial charge is 0.496 e. The number of nitrogens with zero attached hydrogens (tertiary/aromatic N) is 3. The van der Waals surface area contributed by atoms with E-state index in [0.29, 0.717) is 0 Å². The summed E-state index contributed by atoms with van der Waals surface area (Å²) in [4.78, 5) is 18.9. The quantitative estimate of drug-likeness (QED) is 0.725. The Bertz CT molecular complexity index is 823. The zero-order valence-electron chi connectivity index (χ0n) is 14.1. The second-order valence-corrected chi connectivity index (χ2v) is 5.80. The van der Waals surface area contributed by atoms with Crippen molar-refractivity contribution in [1.29, 1.82) is 0 Å². The molecule has 5 heteroatoms. The summed E-state index contributed by atoms with van der Waals surface area (Å²) < 4.78 is 7.32. The number of fused-ring (bicyclic) bond motifs is 1. The maximum atomic E-state index is 12.6. The highest BCUT2D eigenvalue weighted by atomic mass is 16.5. The number of likely N-dealkylation sites (N-methyl/N-ethyl adjacent to an activating group) is 1. The molecule has 0 unspecified atom stereocenters. The molecule has 0 N–H and O–H groups in total. The Hall–Kier alpha value is -2.82. The number of imidazole rings is 1. The monoisotopic (exact) mass is 323 g/mol. The van der Waals surface area contributed by atoms with Crippen LogP contribution in [0.3, 0.4) is 0 Å². The normalized spacial score (nSPS) is 12.1. The minimum Gasteiger partial charge on any atom is -0.496 e. The average Bonchev–Trinajstić information content (AvgIpc) is 3.02. The van der Waals surface area contributed by atoms with Gasteiger partial charge >= 0.3 is 0 Å². The number of hydrogen-bond acceptors (Lipinski definition) is 3. The average molecular weight is 323 g/mol. The van der Waals surface area contributed by atoms with Crippen molar-refractivity contribution in [3.8, 4) is 5.75 Å². The summed E-state index contributed by atoms with van der Waals surface area (Å²) in [5, 5.41) is 0. The Balaban J connectivity index is 1.76. The molecule has 2 heterocycles. The van der Waals surface area contributed by atoms with E-state index in [1.165, 1.54) is 0 Å². The SMILES string of the molecule is COc1ccccc1[C@H](C)N(C)C(=O)Cc1cn2ccccc2n1. The lowest BCUT2D eigenvalue weighted by molar-refractivity contribution is -0.131. The third kappa shape index (κ3) is 3.11. The first-order valence-corrected chi connectivity index (χ1v) is 7.91. The van der Waals surface area contributed by atoms with Crippen LogP contribution >= 0.6 is 0 Å². The van der Waals surface area contributed by atoms with Crippen molar-refractivity contribution in [2.45, 2.75) is 19.4 Å². The number of carbonyl (C=O) groups is 1. The lowest BCUT2D eigenvalue weighted by Crippen LogP contribution is -2.31. The third-order valence-corrected chi connectivity index (χ3v) is 4.31. The summed E-state index contributed by atoms with van der Waals surface area (Å²) in [5.74, 6) is 0.814. The van der Waals surface area contributed by atoms with E-state index in [0.717, 1.165) is 22.7 Å². The number of pyridine rings is 1. The van der Waals surface area contributed by atoms with Gasteiger partial charge in [-0.25, -0.2) is 4.98 Å². The molecule has 0 aliphatic carbocycles. The van der Waals surface area contributed by atoms with Crippen molar-refractivity contribution >= 4 is 11.6 Å². The second kappa shape index (κ2) is 6.74. The maximum Gasteiger partial charge on any atom is 0.228 e. The smallest absolute Gasteiger partial charge is 0.228 e. The van der Waals surface area contributed by atoms with Crippen molar-refractivity contribution in [2.75, 3.05) is 14.2 Å². The first-order chi connectivity index (χ1) is 11.6. The van der Waals surface area contributed by atoms with Gasteiger partial charge in [0.25, 0.3) is 0 Å². The van der Waals surface area contributed by atoms with Crippen LogP contribution in [-0.2, 0) is 11.2 Å². The van der Waals surface area contributed by atoms with Gasteiger partial charge in [0.1, 0.15) is 11.4 Å². The molecule has 0 bridgehead atoms. The molecular formula is C19H21N3O2. The molecule has 1 amide bonds. The molecule has 5 nitrogen and oxygen atoms in total. The van der Waals surface area contributed by atoms with Crippen LogP contribution in [-0.4, -0.2) is 34.3 Å². The van der Waals surface area contributed by atoms with Crippen LogP contribution < -0.4 is 4.74 Å². The van der Waals surface area contributed by atoms with Gasteiger partial charge in [-0.3, -0.25) is 4.79 Å². The first kappa shape index (κ1) is 16.1. The number of amides is 1. The van der Waals surface area contributed by atoms with Crippen molar-refractivity contribution < 1.29 is 9.53 Å². The van der Waals surface area contributed by atoms with Gasteiger partial charge in [0.2, 0.25) is 5.91 Å². The van der Waals surface area contributed by atoms with Gasteiger partial charge in [-0.1, -0.05) is 24.3 Å². The van der Waals surface area contributed by atoms with E-state index in [1.807, 2.05) is 73.2 Å². The molecule has 24 heavy (non-hydrogen) atoms. The first-order valence-electron chi connectivity index (χ1n) is 7.91. The summed E-state index contributed by atoms with van der Waals surface area (Å²) in [7, 11) is 3.46. The van der Waals surface area contributed by atoms with Crippen molar-refractivity contribution in [3.63, 3.8) is 0 Å². The minimum absolute atomic E-state index is 0.0248. The van der Waals surface area contributed by atoms with Crippen LogP contribution in [0.2, 0.25) is 0 Å². The van der Waals surface area contributed by atoms with Crippen LogP contribution in [0.25, 0.3) is 5.65 Å². The van der Waals surface area contributed by atoms with E-state index < -0.39 is 0 Å². The molecule has 1 aromatic carbocycles. The fourth-order valence-corrected chi connectivity index (χ4v) is 2.79. The lowest BCUT2D eigenvalue weighted by Gasteiger charge is -2.26. The van der Waals surface area contributed by atoms with Gasteiger partial charge in [0, 0.05) is 25.0 Å². The number of para-hydroxylation sites is 1. The molecule has 2 aromatic heterocycles. The van der Waals surface area contributed by atoms with Crippen molar-refractivity contribution in [2.24, 2.45) is 0 Å². The summed E-state index contributed by atoms with van der Waals surface area (Å²) in [6.45, 7) is 2.00. The molecule has 0 saturated heterocycles. The second-order valence-electron chi connectivity index (χ2n) is 5.80. The molecule has 0 spiro atoms. The zero-order chi connectivity index (χ0) is 17.1. The van der Waals surface area contributed by atoms with Gasteiger partial charge in [-0.2, -0.15) is 0 Å². The van der Waals surface area contributed by atoms with E-state index in [4.69, 9.17) is 4.74 Å². The lowest BCUT2D eigenvalue weighted by atomic mass is 10.1. The number of aromatic nitrogens is 2. The maximum absolute atomic E-state index is 12.6. The molecule has 0 radical (unpaired) electrons. The minimum atomic E-state index is -0.0781. The summed E-state index contributed by atoms with van der Waals surface area (Å²) in [6.07, 6.45) is 4.10. The van der Waals surface area contributed by atoms with Gasteiger partial charge in [-0.15, -0.1) is 0 Å². The Morgan fingerprint density at radius 3 is 2.75 bits per heavy atom. The number of hydrogen-bond donors (Lipinski definition) is 0. The van der Waals surface area contributed by atoms with E-state index in [2.05, 4.69) is 4.98 Å². The van der Waals surface area contributed by atoms with Crippen LogP contribution in [0.1, 0.15) is 24.2 Å². The molecule has 124 valence electrons. The highest BCUT2D eigenvalue weighted by molar-refractivity contribution is 5.78. The molecule has 0 fully saturated rings. The number of methoxy groups -OCH3 is 1. The van der Waals surface area contributed by atoms with Crippen LogP contribution in [0.5, 0.6) is 5.75 Å². The van der Waals surface area contributed by atoms with Crippen molar-refractivity contribution in [1.82, 2.24) is 14.3 Å². The number of benzene rings is 1. The highest BCUT2D eigenvalue weighted by Gasteiger charge is 2.21. The number of ether oxygens (including phenoxy) is 1. The standard InChI is InChI=1S/C19H21N3O2/c1-14(16-8-4-5-9-17(16)24-3)21(2)19(23)12-15-13-22-11-7-6-10-18(22)20-15/h4-11,13-14H,12H2,1-3H3/t14-/m0/s1. The van der Waals surface area contributed by atoms with Gasteiger partial charge in [-0.05, 0) is 25.1 Å². The van der Waals surface area contributed by atoms with Crippen LogP contribution in [0, 0.1) is 0 Å². The van der Waals surface area contributed by atoms with Crippen LogP contribution in [0.4, 0.5) is 0 Å². The summed E-state index contributed by atoms with van der Waals surface area (Å²) >= 11 is 0. The third-order valence-electron chi connectivity index (χ3n) is 4.31. The molecule has 1 atom stereocenters. The molecule has 0 aliphatic rings. The van der Waals surface area contributed by atoms with Gasteiger partial charge < -0.3 is 14.0 Å². The Labute approximate surface area is 141 Å². The van der Waals surface area contributed by atoms with E-state index >= 15 is 0 Å². The Morgan fingerprint density at radius 2 is 2.00 bits per heavy atom. The topological polar surface area (TPSA) is 46.8 Å². The van der Waals surface area contributed by atoms with Crippen molar-refractivity contribution in [3.05, 3.63) is 66.1 Å². The molecule has 0 aliphatic heterocycles. The fourth-order valence-electron chi connectivity index (χ4n) is 2.79. The van der Waals surface area contributed by atoms with Gasteiger partial charge in [0.15, 0.2) is 0 Å². The summed E-state index contributed by atoms with van der Waals surface area (Å²) in [6, 6.07) is 13.5. The Kier molecular flexibility index (Phi) is 4.51. The zero-order valence-corrected chi connectivity index (χ0v) is 14.1. The van der Waals surface area contributed by atoms with Crippen LogP contribution in [0.15, 0.2) is 54.9 Å². The highest BCUT2D eigenvalue weighted by Crippen LogP contribution is 2.28. The fraction of sp³-hybridized carbons (Fsp3) is 0.263. The molecule has 0 saturated carbocycles. The van der Waals surface area contributed by atoms with E-state index in [9.17, 15) is 4.79 Å². The van der Waals surface area contributed by atoms with Gasteiger partial charge in [0.05, 0.1) is 25.3 Å². The molecule has 3 rings (SSSR count). The number of carbonyl (C=O) groups excluding carboxylic acids is 1. The van der Waals surface area contributed by atoms with E-state index in [-0.39, 0.29) is 18.4 Å². The molecular weight excluding hydrogens is 302 g/mol.